The van der Waals surface area contributed by atoms with Crippen LogP contribution < -0.4 is 5.73 Å². The molecule has 1 aliphatic rings. The van der Waals surface area contributed by atoms with Crippen LogP contribution in [-0.2, 0) is 14.6 Å². The summed E-state index contributed by atoms with van der Waals surface area (Å²) in [6.45, 7) is 2.21. The number of methoxy groups -OCH3 is 1. The highest BCUT2D eigenvalue weighted by molar-refractivity contribution is 7.92. The van der Waals surface area contributed by atoms with Gasteiger partial charge in [-0.3, -0.25) is 0 Å². The second-order valence-electron chi connectivity index (χ2n) is 5.48. The third kappa shape index (κ3) is 2.36. The molecule has 0 bridgehead atoms. The number of ether oxygens (including phenoxy) is 1. The van der Waals surface area contributed by atoms with Crippen molar-refractivity contribution in [3.8, 4) is 0 Å². The molecule has 0 unspecified atom stereocenters. The van der Waals surface area contributed by atoms with Gasteiger partial charge in [0.05, 0.1) is 22.3 Å². The van der Waals surface area contributed by atoms with Crippen LogP contribution in [0.3, 0.4) is 0 Å². The van der Waals surface area contributed by atoms with Gasteiger partial charge >= 0.3 is 0 Å². The Morgan fingerprint density at radius 3 is 2.35 bits per heavy atom. The van der Waals surface area contributed by atoms with E-state index in [-0.39, 0.29) is 17.5 Å². The van der Waals surface area contributed by atoms with Crippen LogP contribution in [0.25, 0.3) is 0 Å². The molecule has 1 saturated carbocycles. The normalized spacial score (nSPS) is 29.1. The van der Waals surface area contributed by atoms with Crippen molar-refractivity contribution in [2.24, 2.45) is 11.1 Å². The minimum Gasteiger partial charge on any atom is -0.393 e. The fraction of sp³-hybridized carbons (Fsp3) is 0.500. The van der Waals surface area contributed by atoms with E-state index in [4.69, 9.17) is 22.7 Å². The van der Waals surface area contributed by atoms with Gasteiger partial charge < -0.3 is 10.5 Å². The summed E-state index contributed by atoms with van der Waals surface area (Å²) in [6.07, 6.45) is 1.23. The topological polar surface area (TPSA) is 69.4 Å². The van der Waals surface area contributed by atoms with Gasteiger partial charge in [0, 0.05) is 19.3 Å². The molecule has 1 aliphatic carbocycles. The van der Waals surface area contributed by atoms with Gasteiger partial charge in [0.1, 0.15) is 0 Å². The lowest BCUT2D eigenvalue weighted by Gasteiger charge is -2.15. The molecule has 0 spiro atoms. The Balaban J connectivity index is 2.49. The van der Waals surface area contributed by atoms with E-state index in [0.717, 1.165) is 11.1 Å². The number of rotatable bonds is 5. The molecule has 0 aliphatic heterocycles. The minimum absolute atomic E-state index is 0.209. The Morgan fingerprint density at radius 1 is 1.40 bits per heavy atom. The second-order valence-corrected chi connectivity index (χ2v) is 8.08. The molecule has 2 rings (SSSR count). The van der Waals surface area contributed by atoms with Crippen LogP contribution in [0, 0.1) is 12.3 Å². The van der Waals surface area contributed by atoms with Gasteiger partial charge in [0.2, 0.25) is 0 Å². The van der Waals surface area contributed by atoms with Crippen molar-refractivity contribution in [2.45, 2.75) is 18.1 Å². The van der Waals surface area contributed by atoms with E-state index in [9.17, 15) is 8.42 Å². The number of hydrogen-bond acceptors (Lipinski definition) is 4. The Kier molecular flexibility index (Phi) is 3.92. The Labute approximate surface area is 125 Å². The zero-order valence-electron chi connectivity index (χ0n) is 11.8. The van der Waals surface area contributed by atoms with E-state index < -0.39 is 20.5 Å². The molecule has 0 radical (unpaired) electrons. The summed E-state index contributed by atoms with van der Waals surface area (Å²) in [5.41, 5.74) is 7.13. The first-order valence-electron chi connectivity index (χ1n) is 6.29. The van der Waals surface area contributed by atoms with Crippen molar-refractivity contribution < 1.29 is 13.2 Å². The molecule has 0 aromatic heterocycles. The molecule has 1 fully saturated rings. The van der Waals surface area contributed by atoms with E-state index in [2.05, 4.69) is 0 Å². The highest BCUT2D eigenvalue weighted by Gasteiger charge is 2.71. The quantitative estimate of drug-likeness (QED) is 0.833. The van der Waals surface area contributed by atoms with Gasteiger partial charge in [-0.25, -0.2) is 8.42 Å². The number of benzene rings is 1. The first-order valence-corrected chi connectivity index (χ1v) is 8.65. The zero-order valence-corrected chi connectivity index (χ0v) is 13.4. The van der Waals surface area contributed by atoms with Crippen molar-refractivity contribution in [1.82, 2.24) is 0 Å². The molecule has 2 N–H and O–H groups in total. The van der Waals surface area contributed by atoms with Crippen LogP contribution >= 0.6 is 12.2 Å². The summed E-state index contributed by atoms with van der Waals surface area (Å²) in [6, 6.07) is 7.80. The molecule has 0 amide bonds. The molecule has 6 heteroatoms. The first kappa shape index (κ1) is 15.4. The third-order valence-corrected chi connectivity index (χ3v) is 5.99. The van der Waals surface area contributed by atoms with E-state index in [1.54, 1.807) is 0 Å². The van der Waals surface area contributed by atoms with Crippen LogP contribution in [0.1, 0.15) is 17.0 Å². The number of hydrogen-bond donors (Lipinski definition) is 1. The van der Waals surface area contributed by atoms with Gasteiger partial charge in [-0.15, -0.1) is 0 Å². The van der Waals surface area contributed by atoms with Crippen LogP contribution in [0.2, 0.25) is 0 Å². The van der Waals surface area contributed by atoms with Gasteiger partial charge in [-0.05, 0) is 12.5 Å². The predicted molar refractivity (Wildman–Crippen MR) is 83.6 cm³/mol. The fourth-order valence-electron chi connectivity index (χ4n) is 3.06. The lowest BCUT2D eigenvalue weighted by atomic mass is 9.99. The van der Waals surface area contributed by atoms with Gasteiger partial charge in [0.25, 0.3) is 0 Å². The van der Waals surface area contributed by atoms with E-state index in [1.807, 2.05) is 31.2 Å². The first-order chi connectivity index (χ1) is 9.25. The third-order valence-electron chi connectivity index (χ3n) is 4.00. The maximum atomic E-state index is 12.1. The highest BCUT2D eigenvalue weighted by Crippen LogP contribution is 2.63. The van der Waals surface area contributed by atoms with Crippen LogP contribution in [0.5, 0.6) is 0 Å². The monoisotopic (exact) mass is 313 g/mol. The zero-order chi connectivity index (χ0) is 15.1. The average molecular weight is 313 g/mol. The molecule has 0 saturated heterocycles. The summed E-state index contributed by atoms with van der Waals surface area (Å²) < 4.78 is 29.3. The highest BCUT2D eigenvalue weighted by atomic mass is 32.2. The summed E-state index contributed by atoms with van der Waals surface area (Å²) in [7, 11) is -1.73. The van der Waals surface area contributed by atoms with Gasteiger partial charge in [0.15, 0.2) is 9.84 Å². The molecular weight excluding hydrogens is 294 g/mol. The standard InChI is InChI=1S/C14H19NO3S2/c1-9-4-6-10(7-5-9)11-12(20(3,16)17)14(11,8-18-2)13(15)19/h4-7,11-12H,8H2,1-3H3,(H2,15,19)/t11-,12-,14-/m0/s1. The molecule has 4 nitrogen and oxygen atoms in total. The number of aryl methyl sites for hydroxylation is 1. The van der Waals surface area contributed by atoms with Crippen LogP contribution in [-0.4, -0.2) is 38.6 Å². The van der Waals surface area contributed by atoms with Crippen LogP contribution in [0.4, 0.5) is 0 Å². The van der Waals surface area contributed by atoms with Crippen molar-refractivity contribution >= 4 is 27.0 Å². The second kappa shape index (κ2) is 5.09. The lowest BCUT2D eigenvalue weighted by Crippen LogP contribution is -2.32. The van der Waals surface area contributed by atoms with E-state index in [1.165, 1.54) is 13.4 Å². The predicted octanol–water partition coefficient (Wildman–Crippen LogP) is 1.42. The summed E-state index contributed by atoms with van der Waals surface area (Å²) in [4.78, 5) is 0.209. The van der Waals surface area contributed by atoms with Crippen molar-refractivity contribution in [3.63, 3.8) is 0 Å². The average Bonchev–Trinajstić information content (AvgIpc) is 3.01. The molecule has 20 heavy (non-hydrogen) atoms. The SMILES string of the molecule is COC[C@]1(C(N)=S)[C@@H](c2ccc(C)cc2)[C@@H]1S(C)(=O)=O. The largest absolute Gasteiger partial charge is 0.393 e. The lowest BCUT2D eigenvalue weighted by molar-refractivity contribution is 0.166. The van der Waals surface area contributed by atoms with Crippen molar-refractivity contribution in [1.29, 1.82) is 0 Å². The van der Waals surface area contributed by atoms with Crippen molar-refractivity contribution in [3.05, 3.63) is 35.4 Å². The summed E-state index contributed by atoms with van der Waals surface area (Å²) in [5.74, 6) is -0.226. The van der Waals surface area contributed by atoms with Gasteiger partial charge in [-0.2, -0.15) is 0 Å². The van der Waals surface area contributed by atoms with E-state index in [0.29, 0.717) is 0 Å². The number of nitrogens with two attached hydrogens (primary N) is 1. The Morgan fingerprint density at radius 2 is 1.95 bits per heavy atom. The fourth-order valence-corrected chi connectivity index (χ4v) is 5.36. The molecule has 0 heterocycles. The molecule has 110 valence electrons. The Hall–Kier alpha value is -0.980. The molecule has 3 atom stereocenters. The van der Waals surface area contributed by atoms with Gasteiger partial charge in [-0.1, -0.05) is 42.0 Å². The minimum atomic E-state index is -3.26. The summed E-state index contributed by atoms with van der Waals surface area (Å²) >= 11 is 5.14. The van der Waals surface area contributed by atoms with Crippen molar-refractivity contribution in [2.75, 3.05) is 20.0 Å². The van der Waals surface area contributed by atoms with E-state index >= 15 is 0 Å². The Bertz CT molecular complexity index is 624. The maximum absolute atomic E-state index is 12.1. The maximum Gasteiger partial charge on any atom is 0.152 e. The molecule has 1 aromatic rings. The smallest absolute Gasteiger partial charge is 0.152 e. The van der Waals surface area contributed by atoms with Crippen LogP contribution in [0.15, 0.2) is 24.3 Å². The molecular formula is C14H19NO3S2. The summed E-state index contributed by atoms with van der Waals surface area (Å²) in [5, 5.41) is -0.602. The molecule has 1 aromatic carbocycles. The number of sulfone groups is 1. The number of thiocarbonyl (C=S) groups is 1.